The SMILES string of the molecule is CSc1ccc2c(c1)CCC(I)C(=O)N2. The first-order chi connectivity index (χ1) is 7.20. The van der Waals surface area contributed by atoms with Crippen molar-refractivity contribution in [3.8, 4) is 0 Å². The van der Waals surface area contributed by atoms with Gasteiger partial charge in [-0.1, -0.05) is 22.6 Å². The van der Waals surface area contributed by atoms with Crippen LogP contribution in [0.5, 0.6) is 0 Å². The van der Waals surface area contributed by atoms with Gasteiger partial charge in [0.05, 0.1) is 3.92 Å². The molecule has 80 valence electrons. The number of fused-ring (bicyclic) bond motifs is 1. The molecule has 0 fully saturated rings. The summed E-state index contributed by atoms with van der Waals surface area (Å²) in [6, 6.07) is 6.24. The van der Waals surface area contributed by atoms with Crippen LogP contribution in [0.4, 0.5) is 5.69 Å². The van der Waals surface area contributed by atoms with Gasteiger partial charge in [0.2, 0.25) is 5.91 Å². The highest BCUT2D eigenvalue weighted by molar-refractivity contribution is 14.1. The van der Waals surface area contributed by atoms with Gasteiger partial charge in [0.25, 0.3) is 0 Å². The number of rotatable bonds is 1. The van der Waals surface area contributed by atoms with E-state index in [-0.39, 0.29) is 9.83 Å². The van der Waals surface area contributed by atoms with Crippen LogP contribution < -0.4 is 5.32 Å². The van der Waals surface area contributed by atoms with E-state index in [2.05, 4.69) is 46.3 Å². The Bertz CT molecular complexity index is 394. The van der Waals surface area contributed by atoms with Crippen molar-refractivity contribution in [2.45, 2.75) is 21.7 Å². The van der Waals surface area contributed by atoms with Crippen LogP contribution in [-0.2, 0) is 11.2 Å². The van der Waals surface area contributed by atoms with E-state index in [1.165, 1.54) is 10.5 Å². The molecule has 2 rings (SSSR count). The monoisotopic (exact) mass is 333 g/mol. The van der Waals surface area contributed by atoms with Gasteiger partial charge in [0.15, 0.2) is 0 Å². The van der Waals surface area contributed by atoms with Crippen LogP contribution in [0.15, 0.2) is 23.1 Å². The highest BCUT2D eigenvalue weighted by atomic mass is 127. The minimum atomic E-state index is 0.0905. The molecular formula is C11H12INOS. The summed E-state index contributed by atoms with van der Waals surface area (Å²) >= 11 is 3.94. The summed E-state index contributed by atoms with van der Waals surface area (Å²) in [5.74, 6) is 0.131. The Morgan fingerprint density at radius 1 is 1.53 bits per heavy atom. The minimum Gasteiger partial charge on any atom is -0.325 e. The standard InChI is InChI=1S/C11H12INOS/c1-15-8-3-5-10-7(6-8)2-4-9(12)11(14)13-10/h3,5-6,9H,2,4H2,1H3,(H,13,14). The number of benzene rings is 1. The number of alkyl halides is 1. The highest BCUT2D eigenvalue weighted by Gasteiger charge is 2.20. The third kappa shape index (κ3) is 2.47. The molecule has 1 heterocycles. The van der Waals surface area contributed by atoms with Crippen LogP contribution in [0.25, 0.3) is 0 Å². The zero-order valence-corrected chi connectivity index (χ0v) is 11.4. The molecule has 1 aromatic carbocycles. The Morgan fingerprint density at radius 2 is 2.33 bits per heavy atom. The molecule has 0 radical (unpaired) electrons. The molecule has 0 aliphatic carbocycles. The maximum absolute atomic E-state index is 11.6. The Balaban J connectivity index is 2.34. The van der Waals surface area contributed by atoms with E-state index < -0.39 is 0 Å². The van der Waals surface area contributed by atoms with E-state index in [0.29, 0.717) is 0 Å². The van der Waals surface area contributed by atoms with Crippen LogP contribution in [0, 0.1) is 0 Å². The number of thioether (sulfide) groups is 1. The van der Waals surface area contributed by atoms with E-state index in [9.17, 15) is 4.79 Å². The van der Waals surface area contributed by atoms with Crippen LogP contribution in [-0.4, -0.2) is 16.1 Å². The van der Waals surface area contributed by atoms with Crippen molar-refractivity contribution in [3.05, 3.63) is 23.8 Å². The predicted octanol–water partition coefficient (Wildman–Crippen LogP) is 3.10. The Kier molecular flexibility index (Phi) is 3.56. The first-order valence-corrected chi connectivity index (χ1v) is 7.29. The van der Waals surface area contributed by atoms with Gasteiger partial charge in [-0.2, -0.15) is 0 Å². The van der Waals surface area contributed by atoms with Gasteiger partial charge in [-0.3, -0.25) is 4.79 Å². The van der Waals surface area contributed by atoms with Crippen LogP contribution in [0.1, 0.15) is 12.0 Å². The maximum atomic E-state index is 11.6. The molecule has 15 heavy (non-hydrogen) atoms. The van der Waals surface area contributed by atoms with Crippen molar-refractivity contribution >= 4 is 45.9 Å². The van der Waals surface area contributed by atoms with Crippen molar-refractivity contribution < 1.29 is 4.79 Å². The van der Waals surface area contributed by atoms with Crippen molar-refractivity contribution in [1.29, 1.82) is 0 Å². The number of carbonyl (C=O) groups excluding carboxylic acids is 1. The first kappa shape index (κ1) is 11.3. The number of halogens is 1. The van der Waals surface area contributed by atoms with Crippen molar-refractivity contribution in [2.24, 2.45) is 0 Å². The molecule has 4 heteroatoms. The fourth-order valence-electron chi connectivity index (χ4n) is 1.65. The number of carbonyl (C=O) groups is 1. The van der Waals surface area contributed by atoms with E-state index in [1.54, 1.807) is 11.8 Å². The average molecular weight is 333 g/mol. The summed E-state index contributed by atoms with van der Waals surface area (Å²) in [5.41, 5.74) is 2.24. The van der Waals surface area contributed by atoms with Gasteiger partial charge in [-0.05, 0) is 42.9 Å². The molecule has 0 bridgehead atoms. The van der Waals surface area contributed by atoms with Gasteiger partial charge in [-0.15, -0.1) is 11.8 Å². The summed E-state index contributed by atoms with van der Waals surface area (Å²) in [6.07, 6.45) is 3.98. The van der Waals surface area contributed by atoms with E-state index in [1.807, 2.05) is 6.07 Å². The lowest BCUT2D eigenvalue weighted by Gasteiger charge is -2.07. The third-order valence-electron chi connectivity index (χ3n) is 2.52. The van der Waals surface area contributed by atoms with Gasteiger partial charge in [0.1, 0.15) is 0 Å². The molecule has 1 unspecified atom stereocenters. The molecular weight excluding hydrogens is 321 g/mol. The van der Waals surface area contributed by atoms with Crippen LogP contribution in [0.3, 0.4) is 0 Å². The molecule has 2 nitrogen and oxygen atoms in total. The predicted molar refractivity (Wildman–Crippen MR) is 73.0 cm³/mol. The zero-order chi connectivity index (χ0) is 10.8. The third-order valence-corrected chi connectivity index (χ3v) is 4.44. The average Bonchev–Trinajstić information content (AvgIpc) is 2.39. The molecule has 0 saturated carbocycles. The molecule has 1 aliphatic rings. The lowest BCUT2D eigenvalue weighted by molar-refractivity contribution is -0.115. The Hall–Kier alpha value is -0.230. The molecule has 1 atom stereocenters. The molecule has 0 spiro atoms. The fraction of sp³-hybridized carbons (Fsp3) is 0.364. The molecule has 0 saturated heterocycles. The number of amides is 1. The Morgan fingerprint density at radius 3 is 3.07 bits per heavy atom. The van der Waals surface area contributed by atoms with E-state index >= 15 is 0 Å². The molecule has 1 N–H and O–H groups in total. The minimum absolute atomic E-state index is 0.0905. The number of hydrogen-bond acceptors (Lipinski definition) is 2. The molecule has 0 aromatic heterocycles. The topological polar surface area (TPSA) is 29.1 Å². The Labute approximate surface area is 107 Å². The number of anilines is 1. The van der Waals surface area contributed by atoms with E-state index in [0.717, 1.165) is 18.5 Å². The lowest BCUT2D eigenvalue weighted by Crippen LogP contribution is -2.20. The zero-order valence-electron chi connectivity index (χ0n) is 8.42. The summed E-state index contributed by atoms with van der Waals surface area (Å²) in [5, 5.41) is 2.97. The van der Waals surface area contributed by atoms with Gasteiger partial charge < -0.3 is 5.32 Å². The summed E-state index contributed by atoms with van der Waals surface area (Å²) in [4.78, 5) is 12.9. The normalized spacial score (nSPS) is 20.4. The van der Waals surface area contributed by atoms with Gasteiger partial charge >= 0.3 is 0 Å². The molecule has 1 aliphatic heterocycles. The van der Waals surface area contributed by atoms with Crippen LogP contribution in [0.2, 0.25) is 0 Å². The second kappa shape index (κ2) is 4.74. The lowest BCUT2D eigenvalue weighted by atomic mass is 10.1. The first-order valence-electron chi connectivity index (χ1n) is 4.82. The molecule has 1 amide bonds. The maximum Gasteiger partial charge on any atom is 0.237 e. The van der Waals surface area contributed by atoms with E-state index in [4.69, 9.17) is 0 Å². The number of aryl methyl sites for hydroxylation is 1. The van der Waals surface area contributed by atoms with Crippen molar-refractivity contribution in [2.75, 3.05) is 11.6 Å². The molecule has 1 aromatic rings. The fourth-order valence-corrected chi connectivity index (χ4v) is 2.58. The number of hydrogen-bond donors (Lipinski definition) is 1. The largest absolute Gasteiger partial charge is 0.325 e. The summed E-state index contributed by atoms with van der Waals surface area (Å²) in [6.45, 7) is 0. The van der Waals surface area contributed by atoms with Gasteiger partial charge in [0, 0.05) is 10.6 Å². The van der Waals surface area contributed by atoms with Crippen molar-refractivity contribution in [3.63, 3.8) is 0 Å². The van der Waals surface area contributed by atoms with Crippen molar-refractivity contribution in [1.82, 2.24) is 0 Å². The second-order valence-corrected chi connectivity index (χ2v) is 5.90. The smallest absolute Gasteiger partial charge is 0.237 e. The summed E-state index contributed by atoms with van der Waals surface area (Å²) < 4.78 is 0.0905. The highest BCUT2D eigenvalue weighted by Crippen LogP contribution is 2.28. The second-order valence-electron chi connectivity index (χ2n) is 3.52. The summed E-state index contributed by atoms with van der Waals surface area (Å²) in [7, 11) is 0. The quantitative estimate of drug-likeness (QED) is 0.486. The van der Waals surface area contributed by atoms with Gasteiger partial charge in [-0.25, -0.2) is 0 Å². The van der Waals surface area contributed by atoms with Crippen LogP contribution >= 0.6 is 34.4 Å². The number of nitrogens with one attached hydrogen (secondary N) is 1.